The van der Waals surface area contributed by atoms with Crippen molar-refractivity contribution < 1.29 is 13.9 Å². The van der Waals surface area contributed by atoms with E-state index in [1.165, 1.54) is 6.07 Å². The van der Waals surface area contributed by atoms with E-state index in [0.29, 0.717) is 23.4 Å². The second-order valence-electron chi connectivity index (χ2n) is 4.72. The van der Waals surface area contributed by atoms with Crippen molar-refractivity contribution in [1.82, 2.24) is 0 Å². The highest BCUT2D eigenvalue weighted by Crippen LogP contribution is 2.24. The average molecular weight is 288 g/mol. The molecule has 0 aliphatic carbocycles. The maximum absolute atomic E-state index is 13.5. The average Bonchev–Trinajstić information content (AvgIpc) is 2.45. The first-order chi connectivity index (χ1) is 10.1. The fourth-order valence-electron chi connectivity index (χ4n) is 1.92. The summed E-state index contributed by atoms with van der Waals surface area (Å²) in [6.45, 7) is 0.109. The number of carbonyl (C=O) groups excluding carboxylic acids is 1. The number of hydrogen-bond acceptors (Lipinski definition) is 3. The van der Waals surface area contributed by atoms with Crippen molar-refractivity contribution in [1.29, 1.82) is 0 Å². The van der Waals surface area contributed by atoms with Crippen molar-refractivity contribution in [3.63, 3.8) is 0 Å². The third-order valence-corrected chi connectivity index (χ3v) is 3.08. The van der Waals surface area contributed by atoms with Crippen LogP contribution in [-0.2, 0) is 17.8 Å². The number of ether oxygens (including phenoxy) is 1. The Kier molecular flexibility index (Phi) is 4.77. The van der Waals surface area contributed by atoms with Crippen molar-refractivity contribution in [2.24, 2.45) is 5.73 Å². The monoisotopic (exact) mass is 288 g/mol. The molecule has 4 N–H and O–H groups in total. The van der Waals surface area contributed by atoms with Crippen LogP contribution in [0.5, 0.6) is 5.75 Å². The Bertz CT molecular complexity index is 644. The number of nitrogens with two attached hydrogens (primary N) is 2. The number of hydrogen-bond donors (Lipinski definition) is 2. The maximum Gasteiger partial charge on any atom is 0.217 e. The minimum absolute atomic E-state index is 0.109. The summed E-state index contributed by atoms with van der Waals surface area (Å²) in [5.41, 5.74) is 12.8. The van der Waals surface area contributed by atoms with Crippen molar-refractivity contribution in [3.05, 3.63) is 59.4 Å². The summed E-state index contributed by atoms with van der Waals surface area (Å²) in [5.74, 6) is -0.177. The number of halogens is 1. The van der Waals surface area contributed by atoms with Crippen LogP contribution >= 0.6 is 0 Å². The van der Waals surface area contributed by atoms with E-state index in [4.69, 9.17) is 16.2 Å². The third kappa shape index (κ3) is 4.21. The fourth-order valence-corrected chi connectivity index (χ4v) is 1.92. The largest absolute Gasteiger partial charge is 0.487 e. The zero-order chi connectivity index (χ0) is 15.2. The van der Waals surface area contributed by atoms with Crippen molar-refractivity contribution in [3.8, 4) is 5.75 Å². The van der Waals surface area contributed by atoms with Crippen molar-refractivity contribution in [2.45, 2.75) is 19.4 Å². The maximum atomic E-state index is 13.5. The Hall–Kier alpha value is -2.56. The van der Waals surface area contributed by atoms with Gasteiger partial charge in [0.05, 0.1) is 5.69 Å². The summed E-state index contributed by atoms with van der Waals surface area (Å²) in [6.07, 6.45) is 0.808. The number of anilines is 1. The second kappa shape index (κ2) is 6.74. The lowest BCUT2D eigenvalue weighted by Crippen LogP contribution is -2.11. The van der Waals surface area contributed by atoms with Gasteiger partial charge in [-0.3, -0.25) is 4.79 Å². The predicted octanol–water partition coefficient (Wildman–Crippen LogP) is 2.40. The minimum atomic E-state index is -0.353. The van der Waals surface area contributed by atoms with E-state index in [1.807, 2.05) is 6.07 Å². The molecule has 1 amide bonds. The van der Waals surface area contributed by atoms with E-state index in [0.717, 1.165) is 5.56 Å². The second-order valence-corrected chi connectivity index (χ2v) is 4.72. The molecule has 2 aromatic rings. The van der Waals surface area contributed by atoms with Crippen LogP contribution in [0, 0.1) is 5.82 Å². The molecule has 0 unspecified atom stereocenters. The van der Waals surface area contributed by atoms with E-state index in [2.05, 4.69) is 0 Å². The molecule has 2 rings (SSSR count). The van der Waals surface area contributed by atoms with Gasteiger partial charge >= 0.3 is 0 Å². The SMILES string of the molecule is NC(=O)CCc1ccc(OCc2ccccc2F)c(N)c1. The van der Waals surface area contributed by atoms with Crippen LogP contribution in [0.1, 0.15) is 17.5 Å². The molecule has 0 heterocycles. The zero-order valence-corrected chi connectivity index (χ0v) is 11.5. The van der Waals surface area contributed by atoms with Crippen LogP contribution in [0.4, 0.5) is 10.1 Å². The number of rotatable bonds is 6. The molecule has 110 valence electrons. The first kappa shape index (κ1) is 14.8. The molecule has 4 nitrogen and oxygen atoms in total. The highest BCUT2D eigenvalue weighted by atomic mass is 19.1. The Morgan fingerprint density at radius 2 is 1.95 bits per heavy atom. The summed E-state index contributed by atoms with van der Waals surface area (Å²) in [4.78, 5) is 10.7. The lowest BCUT2D eigenvalue weighted by atomic mass is 10.1. The first-order valence-corrected chi connectivity index (χ1v) is 6.59. The fraction of sp³-hybridized carbons (Fsp3) is 0.188. The summed E-state index contributed by atoms with van der Waals surface area (Å²) in [5, 5.41) is 0. The highest BCUT2D eigenvalue weighted by Gasteiger charge is 2.06. The van der Waals surface area contributed by atoms with Crippen LogP contribution < -0.4 is 16.2 Å². The summed E-state index contributed by atoms with van der Waals surface area (Å²) < 4.78 is 19.0. The Morgan fingerprint density at radius 1 is 1.19 bits per heavy atom. The molecule has 21 heavy (non-hydrogen) atoms. The van der Waals surface area contributed by atoms with E-state index in [1.54, 1.807) is 30.3 Å². The normalized spacial score (nSPS) is 10.3. The number of nitrogen functional groups attached to an aromatic ring is 1. The molecule has 0 saturated heterocycles. The standard InChI is InChI=1S/C16H17FN2O2/c17-13-4-2-1-3-12(13)10-21-15-7-5-11(9-14(15)18)6-8-16(19)20/h1-5,7,9H,6,8,10,18H2,(H2,19,20). The zero-order valence-electron chi connectivity index (χ0n) is 11.5. The van der Waals surface area contributed by atoms with Crippen molar-refractivity contribution >= 4 is 11.6 Å². The van der Waals surface area contributed by atoms with E-state index >= 15 is 0 Å². The molecular formula is C16H17FN2O2. The molecule has 0 spiro atoms. The molecule has 0 aliphatic heterocycles. The number of benzene rings is 2. The van der Waals surface area contributed by atoms with Gasteiger partial charge in [0.1, 0.15) is 18.2 Å². The Balaban J connectivity index is 2.01. The lowest BCUT2D eigenvalue weighted by Gasteiger charge is -2.11. The Labute approximate surface area is 122 Å². The highest BCUT2D eigenvalue weighted by molar-refractivity contribution is 5.74. The topological polar surface area (TPSA) is 78.3 Å². The summed E-state index contributed by atoms with van der Waals surface area (Å²) in [6, 6.07) is 11.7. The smallest absolute Gasteiger partial charge is 0.217 e. The molecule has 2 aromatic carbocycles. The molecule has 0 aliphatic rings. The van der Waals surface area contributed by atoms with Gasteiger partial charge in [-0.25, -0.2) is 4.39 Å². The molecule has 0 saturated carbocycles. The van der Waals surface area contributed by atoms with E-state index in [-0.39, 0.29) is 24.8 Å². The van der Waals surface area contributed by atoms with E-state index in [9.17, 15) is 9.18 Å². The van der Waals surface area contributed by atoms with Gasteiger partial charge in [0, 0.05) is 12.0 Å². The quantitative estimate of drug-likeness (QED) is 0.801. The van der Waals surface area contributed by atoms with Gasteiger partial charge < -0.3 is 16.2 Å². The third-order valence-electron chi connectivity index (χ3n) is 3.08. The van der Waals surface area contributed by atoms with Gasteiger partial charge in [0.2, 0.25) is 5.91 Å². The molecular weight excluding hydrogens is 271 g/mol. The molecule has 5 heteroatoms. The number of amides is 1. The van der Waals surface area contributed by atoms with Gasteiger partial charge in [-0.2, -0.15) is 0 Å². The van der Waals surface area contributed by atoms with Gasteiger partial charge in [0.15, 0.2) is 0 Å². The number of carbonyl (C=O) groups is 1. The number of aryl methyl sites for hydroxylation is 1. The molecule has 0 aromatic heterocycles. The van der Waals surface area contributed by atoms with Crippen LogP contribution in [-0.4, -0.2) is 5.91 Å². The minimum Gasteiger partial charge on any atom is -0.487 e. The van der Waals surface area contributed by atoms with E-state index < -0.39 is 0 Å². The first-order valence-electron chi connectivity index (χ1n) is 6.59. The lowest BCUT2D eigenvalue weighted by molar-refractivity contribution is -0.117. The molecule has 0 atom stereocenters. The van der Waals surface area contributed by atoms with Gasteiger partial charge in [0.25, 0.3) is 0 Å². The van der Waals surface area contributed by atoms with Gasteiger partial charge in [-0.1, -0.05) is 24.3 Å². The number of primary amides is 1. The molecule has 0 fully saturated rings. The molecule has 0 radical (unpaired) electrons. The Morgan fingerprint density at radius 3 is 2.62 bits per heavy atom. The van der Waals surface area contributed by atoms with Gasteiger partial charge in [-0.05, 0) is 30.2 Å². The van der Waals surface area contributed by atoms with Crippen LogP contribution in [0.2, 0.25) is 0 Å². The van der Waals surface area contributed by atoms with Crippen LogP contribution in [0.3, 0.4) is 0 Å². The molecule has 0 bridgehead atoms. The van der Waals surface area contributed by atoms with Gasteiger partial charge in [-0.15, -0.1) is 0 Å². The van der Waals surface area contributed by atoms with Crippen LogP contribution in [0.15, 0.2) is 42.5 Å². The summed E-state index contributed by atoms with van der Waals surface area (Å²) >= 11 is 0. The summed E-state index contributed by atoms with van der Waals surface area (Å²) in [7, 11) is 0. The van der Waals surface area contributed by atoms with Crippen LogP contribution in [0.25, 0.3) is 0 Å². The predicted molar refractivity (Wildman–Crippen MR) is 79.1 cm³/mol. The van der Waals surface area contributed by atoms with Crippen molar-refractivity contribution in [2.75, 3.05) is 5.73 Å².